The van der Waals surface area contributed by atoms with E-state index in [1.807, 2.05) is 24.4 Å². The monoisotopic (exact) mass is 387 g/mol. The summed E-state index contributed by atoms with van der Waals surface area (Å²) in [4.78, 5) is 31.9. The van der Waals surface area contributed by atoms with E-state index in [0.717, 1.165) is 5.56 Å². The van der Waals surface area contributed by atoms with Crippen LogP contribution in [0, 0.1) is 6.92 Å². The van der Waals surface area contributed by atoms with E-state index < -0.39 is 11.1 Å². The summed E-state index contributed by atoms with van der Waals surface area (Å²) in [5.41, 5.74) is -0.350. The molecule has 2 aromatic rings. The SMILES string of the molecule is Cc1ccc(C2(O)CCN(C(=O)C(C)(C)NC(=O)c3cccs3)CC2)nc1. The van der Waals surface area contributed by atoms with Crippen LogP contribution in [0.5, 0.6) is 0 Å². The van der Waals surface area contributed by atoms with Crippen LogP contribution in [0.3, 0.4) is 0 Å². The number of pyridine rings is 1. The van der Waals surface area contributed by atoms with Crippen LogP contribution in [0.4, 0.5) is 0 Å². The zero-order chi connectivity index (χ0) is 19.7. The molecule has 1 aliphatic rings. The molecule has 0 unspecified atom stereocenters. The zero-order valence-electron chi connectivity index (χ0n) is 15.9. The van der Waals surface area contributed by atoms with Crippen molar-refractivity contribution in [3.63, 3.8) is 0 Å². The molecule has 144 valence electrons. The van der Waals surface area contributed by atoms with Crippen LogP contribution < -0.4 is 5.32 Å². The highest BCUT2D eigenvalue weighted by Gasteiger charge is 2.40. The smallest absolute Gasteiger partial charge is 0.262 e. The lowest BCUT2D eigenvalue weighted by Gasteiger charge is -2.40. The molecular formula is C20H25N3O3S. The van der Waals surface area contributed by atoms with Crippen molar-refractivity contribution in [3.8, 4) is 0 Å². The van der Waals surface area contributed by atoms with Gasteiger partial charge in [0, 0.05) is 19.3 Å². The number of nitrogens with zero attached hydrogens (tertiary/aromatic N) is 2. The Morgan fingerprint density at radius 3 is 2.52 bits per heavy atom. The van der Waals surface area contributed by atoms with Gasteiger partial charge in [-0.2, -0.15) is 0 Å². The molecule has 1 saturated heterocycles. The number of piperidine rings is 1. The van der Waals surface area contributed by atoms with Crippen molar-refractivity contribution in [1.82, 2.24) is 15.2 Å². The van der Waals surface area contributed by atoms with E-state index in [0.29, 0.717) is 36.5 Å². The lowest BCUT2D eigenvalue weighted by molar-refractivity contribution is -0.141. The Kier molecular flexibility index (Phi) is 5.35. The van der Waals surface area contributed by atoms with Crippen molar-refractivity contribution in [2.24, 2.45) is 0 Å². The molecule has 27 heavy (non-hydrogen) atoms. The van der Waals surface area contributed by atoms with Crippen molar-refractivity contribution in [3.05, 3.63) is 52.0 Å². The minimum Gasteiger partial charge on any atom is -0.383 e. The third kappa shape index (κ3) is 4.20. The van der Waals surface area contributed by atoms with Crippen molar-refractivity contribution in [2.75, 3.05) is 13.1 Å². The molecule has 0 spiro atoms. The Morgan fingerprint density at radius 2 is 1.96 bits per heavy atom. The molecule has 0 aromatic carbocycles. The van der Waals surface area contributed by atoms with E-state index in [2.05, 4.69) is 10.3 Å². The molecule has 3 rings (SSSR count). The van der Waals surface area contributed by atoms with Gasteiger partial charge in [-0.1, -0.05) is 12.1 Å². The van der Waals surface area contributed by atoms with Crippen LogP contribution in [0.1, 0.15) is 47.6 Å². The third-order valence-corrected chi connectivity index (χ3v) is 5.84. The van der Waals surface area contributed by atoms with Gasteiger partial charge in [0.15, 0.2) is 0 Å². The summed E-state index contributed by atoms with van der Waals surface area (Å²) >= 11 is 1.34. The van der Waals surface area contributed by atoms with Gasteiger partial charge in [-0.3, -0.25) is 14.6 Å². The highest BCUT2D eigenvalue weighted by atomic mass is 32.1. The number of thiophene rings is 1. The predicted molar refractivity (Wildman–Crippen MR) is 105 cm³/mol. The molecule has 3 heterocycles. The first-order valence-corrected chi connectivity index (χ1v) is 9.90. The number of aryl methyl sites for hydroxylation is 1. The number of aliphatic hydroxyl groups is 1. The van der Waals surface area contributed by atoms with E-state index in [1.54, 1.807) is 37.1 Å². The van der Waals surface area contributed by atoms with Crippen LogP contribution >= 0.6 is 11.3 Å². The molecule has 0 bridgehead atoms. The minimum atomic E-state index is -1.02. The van der Waals surface area contributed by atoms with Crippen LogP contribution in [-0.2, 0) is 10.4 Å². The van der Waals surface area contributed by atoms with Crippen molar-refractivity contribution in [2.45, 2.75) is 44.8 Å². The number of likely N-dealkylation sites (tertiary alicyclic amines) is 1. The van der Waals surface area contributed by atoms with Gasteiger partial charge in [-0.25, -0.2) is 0 Å². The Morgan fingerprint density at radius 1 is 1.26 bits per heavy atom. The van der Waals surface area contributed by atoms with Crippen LogP contribution in [0.15, 0.2) is 35.8 Å². The molecule has 0 aliphatic carbocycles. The molecule has 1 aliphatic heterocycles. The summed E-state index contributed by atoms with van der Waals surface area (Å²) in [6, 6.07) is 7.31. The molecule has 2 N–H and O–H groups in total. The van der Waals surface area contributed by atoms with E-state index in [1.165, 1.54) is 11.3 Å². The van der Waals surface area contributed by atoms with Crippen LogP contribution in [-0.4, -0.2) is 45.4 Å². The molecular weight excluding hydrogens is 362 g/mol. The van der Waals surface area contributed by atoms with E-state index in [4.69, 9.17) is 0 Å². The molecule has 0 radical (unpaired) electrons. The Bertz CT molecular complexity index is 808. The third-order valence-electron chi connectivity index (χ3n) is 4.97. The van der Waals surface area contributed by atoms with Crippen LogP contribution in [0.25, 0.3) is 0 Å². The number of hydrogen-bond acceptors (Lipinski definition) is 5. The summed E-state index contributed by atoms with van der Waals surface area (Å²) in [5.74, 6) is -0.396. The number of hydrogen-bond donors (Lipinski definition) is 2. The van der Waals surface area contributed by atoms with Gasteiger partial charge in [-0.15, -0.1) is 11.3 Å². The molecule has 2 aromatic heterocycles. The summed E-state index contributed by atoms with van der Waals surface area (Å²) in [5, 5.41) is 15.6. The maximum Gasteiger partial charge on any atom is 0.262 e. The summed E-state index contributed by atoms with van der Waals surface area (Å²) < 4.78 is 0. The number of rotatable bonds is 4. The number of nitrogens with one attached hydrogen (secondary N) is 1. The molecule has 0 saturated carbocycles. The van der Waals surface area contributed by atoms with Gasteiger partial charge in [-0.05, 0) is 56.7 Å². The fourth-order valence-electron chi connectivity index (χ4n) is 3.28. The van der Waals surface area contributed by atoms with Crippen molar-refractivity contribution in [1.29, 1.82) is 0 Å². The largest absolute Gasteiger partial charge is 0.383 e. The molecule has 1 fully saturated rings. The lowest BCUT2D eigenvalue weighted by atomic mass is 9.86. The Balaban J connectivity index is 1.63. The van der Waals surface area contributed by atoms with Crippen LogP contribution in [0.2, 0.25) is 0 Å². The average molecular weight is 388 g/mol. The first-order valence-electron chi connectivity index (χ1n) is 9.02. The van der Waals surface area contributed by atoms with E-state index in [-0.39, 0.29) is 11.8 Å². The van der Waals surface area contributed by atoms with Gasteiger partial charge in [0.05, 0.1) is 10.6 Å². The normalized spacial score (nSPS) is 16.8. The summed E-state index contributed by atoms with van der Waals surface area (Å²) in [6.45, 7) is 6.22. The predicted octanol–water partition coefficient (Wildman–Crippen LogP) is 2.47. The standard InChI is InChI=1S/C20H25N3O3S/c1-14-6-7-16(21-13-14)20(26)8-10-23(11-9-20)18(25)19(2,3)22-17(24)15-5-4-12-27-15/h4-7,12-13,26H,8-11H2,1-3H3,(H,22,24). The van der Waals surface area contributed by atoms with E-state index in [9.17, 15) is 14.7 Å². The fourth-order valence-corrected chi connectivity index (χ4v) is 3.90. The first-order chi connectivity index (χ1) is 12.7. The molecule has 0 atom stereocenters. The number of aromatic nitrogens is 1. The second-order valence-electron chi connectivity index (χ2n) is 7.60. The fraction of sp³-hybridized carbons (Fsp3) is 0.450. The maximum atomic E-state index is 12.9. The number of carbonyl (C=O) groups excluding carboxylic acids is 2. The average Bonchev–Trinajstić information content (AvgIpc) is 3.17. The zero-order valence-corrected chi connectivity index (χ0v) is 16.7. The topological polar surface area (TPSA) is 82.5 Å². The van der Waals surface area contributed by atoms with Gasteiger partial charge < -0.3 is 15.3 Å². The quantitative estimate of drug-likeness (QED) is 0.844. The van der Waals surface area contributed by atoms with Gasteiger partial charge in [0.25, 0.3) is 5.91 Å². The second-order valence-corrected chi connectivity index (χ2v) is 8.55. The van der Waals surface area contributed by atoms with E-state index >= 15 is 0 Å². The number of amides is 2. The molecule has 2 amide bonds. The highest BCUT2D eigenvalue weighted by Crippen LogP contribution is 2.32. The maximum absolute atomic E-state index is 12.9. The van der Waals surface area contributed by atoms with Crippen molar-refractivity contribution < 1.29 is 14.7 Å². The Labute approximate surface area is 163 Å². The number of carbonyl (C=O) groups is 2. The van der Waals surface area contributed by atoms with Gasteiger partial charge in [0.1, 0.15) is 11.1 Å². The highest BCUT2D eigenvalue weighted by molar-refractivity contribution is 7.12. The lowest BCUT2D eigenvalue weighted by Crippen LogP contribution is -2.58. The molecule has 7 heteroatoms. The first kappa shape index (κ1) is 19.5. The Hall–Kier alpha value is -2.25. The van der Waals surface area contributed by atoms with Crippen molar-refractivity contribution >= 4 is 23.2 Å². The van der Waals surface area contributed by atoms with Gasteiger partial charge >= 0.3 is 0 Å². The summed E-state index contributed by atoms with van der Waals surface area (Å²) in [6.07, 6.45) is 2.58. The second kappa shape index (κ2) is 7.40. The minimum absolute atomic E-state index is 0.147. The van der Waals surface area contributed by atoms with Gasteiger partial charge in [0.2, 0.25) is 5.91 Å². The summed E-state index contributed by atoms with van der Waals surface area (Å²) in [7, 11) is 0. The molecule has 6 nitrogen and oxygen atoms in total.